The molecule has 0 bridgehead atoms. The molecule has 0 radical (unpaired) electrons. The average Bonchev–Trinajstić information content (AvgIpc) is 3.22. The lowest BCUT2D eigenvalue weighted by molar-refractivity contribution is -0.129. The van der Waals surface area contributed by atoms with Crippen LogP contribution in [0.25, 0.3) is 0 Å². The molecule has 0 saturated heterocycles. The van der Waals surface area contributed by atoms with E-state index in [1.165, 1.54) is 24.9 Å². The fourth-order valence-corrected chi connectivity index (χ4v) is 2.30. The van der Waals surface area contributed by atoms with Crippen molar-refractivity contribution in [1.82, 2.24) is 36.4 Å². The van der Waals surface area contributed by atoms with E-state index in [4.69, 9.17) is 4.74 Å². The molecule has 1 atom stereocenters. The van der Waals surface area contributed by atoms with Gasteiger partial charge in [0.25, 0.3) is 17.7 Å². The van der Waals surface area contributed by atoms with Crippen molar-refractivity contribution >= 4 is 23.8 Å². The van der Waals surface area contributed by atoms with Crippen LogP contribution in [0.1, 0.15) is 36.8 Å². The fourth-order valence-electron chi connectivity index (χ4n) is 2.30. The predicted octanol–water partition coefficient (Wildman–Crippen LogP) is -0.182. The lowest BCUT2D eigenvalue weighted by Crippen LogP contribution is -2.55. The third-order valence-corrected chi connectivity index (χ3v) is 3.64. The Kier molecular flexibility index (Phi) is 8.06. The van der Waals surface area contributed by atoms with Gasteiger partial charge in [-0.05, 0) is 32.9 Å². The molecule has 5 N–H and O–H groups in total. The molecular weight excluding hydrogens is 406 g/mol. The van der Waals surface area contributed by atoms with E-state index in [-0.39, 0.29) is 13.0 Å². The number of hydrogen-bond donors (Lipinski definition) is 5. The zero-order valence-electron chi connectivity index (χ0n) is 17.4. The summed E-state index contributed by atoms with van der Waals surface area (Å²) in [6.07, 6.45) is 5.11. The number of H-pyrrole nitrogens is 1. The summed E-state index contributed by atoms with van der Waals surface area (Å²) >= 11 is 0. The van der Waals surface area contributed by atoms with Gasteiger partial charge < -0.3 is 20.4 Å². The van der Waals surface area contributed by atoms with Crippen molar-refractivity contribution in [1.29, 1.82) is 0 Å². The Labute approximate surface area is 178 Å². The number of nitrogens with one attached hydrogen (secondary N) is 5. The number of carbonyl (C=O) groups excluding carboxylic acids is 4. The first kappa shape index (κ1) is 23.3. The van der Waals surface area contributed by atoms with Crippen molar-refractivity contribution in [3.05, 3.63) is 48.3 Å². The van der Waals surface area contributed by atoms with E-state index >= 15 is 0 Å². The third-order valence-electron chi connectivity index (χ3n) is 3.64. The van der Waals surface area contributed by atoms with Crippen molar-refractivity contribution in [3.63, 3.8) is 0 Å². The van der Waals surface area contributed by atoms with Crippen molar-refractivity contribution in [2.75, 3.05) is 6.54 Å². The fraction of sp³-hybridized carbons (Fsp3) is 0.368. The summed E-state index contributed by atoms with van der Waals surface area (Å²) in [6.45, 7) is 4.70. The van der Waals surface area contributed by atoms with Crippen molar-refractivity contribution < 1.29 is 23.9 Å². The molecule has 0 spiro atoms. The Balaban J connectivity index is 1.87. The number of amides is 4. The zero-order valence-corrected chi connectivity index (χ0v) is 17.4. The largest absolute Gasteiger partial charge is 0.444 e. The second kappa shape index (κ2) is 10.7. The number of alkyl carbamates (subject to hydrolysis) is 1. The van der Waals surface area contributed by atoms with Gasteiger partial charge in [-0.25, -0.2) is 9.78 Å². The average molecular weight is 431 g/mol. The smallest absolute Gasteiger partial charge is 0.408 e. The van der Waals surface area contributed by atoms with Crippen LogP contribution >= 0.6 is 0 Å². The van der Waals surface area contributed by atoms with E-state index in [1.54, 1.807) is 32.9 Å². The molecule has 12 nitrogen and oxygen atoms in total. The van der Waals surface area contributed by atoms with Gasteiger partial charge in [-0.2, -0.15) is 0 Å². The van der Waals surface area contributed by atoms with Crippen LogP contribution in [-0.4, -0.2) is 57.0 Å². The topological polar surface area (TPSA) is 167 Å². The van der Waals surface area contributed by atoms with Gasteiger partial charge >= 0.3 is 6.09 Å². The Hall–Kier alpha value is -3.96. The molecule has 2 aromatic rings. The van der Waals surface area contributed by atoms with Gasteiger partial charge in [-0.3, -0.25) is 30.2 Å². The number of carbonyl (C=O) groups is 4. The quantitative estimate of drug-likeness (QED) is 0.379. The number of pyridine rings is 1. The zero-order chi connectivity index (χ0) is 22.9. The van der Waals surface area contributed by atoms with E-state index in [0.717, 1.165) is 0 Å². The van der Waals surface area contributed by atoms with Crippen LogP contribution in [0.3, 0.4) is 0 Å². The maximum atomic E-state index is 12.5. The van der Waals surface area contributed by atoms with Crippen LogP contribution in [0, 0.1) is 0 Å². The van der Waals surface area contributed by atoms with Crippen molar-refractivity contribution in [2.45, 2.75) is 38.8 Å². The number of imidazole rings is 1. The van der Waals surface area contributed by atoms with E-state index in [0.29, 0.717) is 11.3 Å². The van der Waals surface area contributed by atoms with Gasteiger partial charge in [0.15, 0.2) is 0 Å². The number of ether oxygens (including phenoxy) is 1. The summed E-state index contributed by atoms with van der Waals surface area (Å²) < 4.78 is 5.17. The Morgan fingerprint density at radius 1 is 1.13 bits per heavy atom. The predicted molar refractivity (Wildman–Crippen MR) is 108 cm³/mol. The summed E-state index contributed by atoms with van der Waals surface area (Å²) in [5.74, 6) is -1.84. The maximum Gasteiger partial charge on any atom is 0.408 e. The van der Waals surface area contributed by atoms with E-state index in [9.17, 15) is 19.2 Å². The van der Waals surface area contributed by atoms with Crippen LogP contribution < -0.4 is 21.5 Å². The molecule has 0 aliphatic rings. The first-order valence-corrected chi connectivity index (χ1v) is 9.38. The standard InChI is InChI=1S/C19H25N7O5/c1-19(2,3)31-18(30)24-14(7-13-9-21-11-23-13)17(29)26-25-15(27)10-22-16(28)12-5-4-6-20-8-12/h4-6,8-9,11,14H,7,10H2,1-3H3,(H,21,23)(H,22,28)(H,24,30)(H,25,27)(H,26,29). The lowest BCUT2D eigenvalue weighted by atomic mass is 10.1. The second-order valence-corrected chi connectivity index (χ2v) is 7.44. The van der Waals surface area contributed by atoms with Gasteiger partial charge in [0.05, 0.1) is 18.4 Å². The summed E-state index contributed by atoms with van der Waals surface area (Å²) in [6, 6.07) is 2.08. The van der Waals surface area contributed by atoms with Gasteiger partial charge in [0, 0.05) is 30.7 Å². The summed E-state index contributed by atoms with van der Waals surface area (Å²) in [5, 5.41) is 4.86. The molecule has 0 fully saturated rings. The van der Waals surface area contributed by atoms with Crippen LogP contribution in [-0.2, 0) is 20.7 Å². The number of hydrazine groups is 1. The highest BCUT2D eigenvalue weighted by Gasteiger charge is 2.25. The van der Waals surface area contributed by atoms with Gasteiger partial charge in [0.1, 0.15) is 11.6 Å². The number of hydrogen-bond acceptors (Lipinski definition) is 7. The minimum atomic E-state index is -1.06. The van der Waals surface area contributed by atoms with Gasteiger partial charge in [-0.1, -0.05) is 0 Å². The minimum Gasteiger partial charge on any atom is -0.444 e. The molecule has 1 unspecified atom stereocenters. The lowest BCUT2D eigenvalue weighted by Gasteiger charge is -2.23. The Morgan fingerprint density at radius 3 is 2.52 bits per heavy atom. The highest BCUT2D eigenvalue weighted by Crippen LogP contribution is 2.07. The number of aromatic nitrogens is 3. The summed E-state index contributed by atoms with van der Waals surface area (Å²) in [7, 11) is 0. The highest BCUT2D eigenvalue weighted by atomic mass is 16.6. The normalized spacial score (nSPS) is 11.7. The van der Waals surface area contributed by atoms with E-state index in [2.05, 4.69) is 36.4 Å². The van der Waals surface area contributed by atoms with Crippen LogP contribution in [0.4, 0.5) is 4.79 Å². The van der Waals surface area contributed by atoms with Crippen LogP contribution in [0.5, 0.6) is 0 Å². The molecule has 0 aliphatic carbocycles. The van der Waals surface area contributed by atoms with Crippen LogP contribution in [0.2, 0.25) is 0 Å². The Morgan fingerprint density at radius 2 is 1.90 bits per heavy atom. The highest BCUT2D eigenvalue weighted by molar-refractivity contribution is 5.96. The van der Waals surface area contributed by atoms with Crippen molar-refractivity contribution in [2.24, 2.45) is 0 Å². The van der Waals surface area contributed by atoms with Crippen LogP contribution in [0.15, 0.2) is 37.1 Å². The van der Waals surface area contributed by atoms with Gasteiger partial charge in [0.2, 0.25) is 0 Å². The molecule has 166 valence electrons. The molecule has 4 amide bonds. The first-order valence-electron chi connectivity index (χ1n) is 9.38. The molecule has 0 aliphatic heterocycles. The minimum absolute atomic E-state index is 0.0820. The second-order valence-electron chi connectivity index (χ2n) is 7.44. The molecule has 12 heteroatoms. The molecule has 0 aromatic carbocycles. The Bertz CT molecular complexity index is 894. The van der Waals surface area contributed by atoms with Crippen molar-refractivity contribution in [3.8, 4) is 0 Å². The molecule has 2 rings (SSSR count). The molecule has 0 saturated carbocycles. The molecule has 31 heavy (non-hydrogen) atoms. The van der Waals surface area contributed by atoms with Gasteiger partial charge in [-0.15, -0.1) is 0 Å². The van der Waals surface area contributed by atoms with E-state index < -0.39 is 35.5 Å². The van der Waals surface area contributed by atoms with E-state index in [1.807, 2.05) is 0 Å². The first-order chi connectivity index (χ1) is 14.6. The maximum absolute atomic E-state index is 12.5. The monoisotopic (exact) mass is 431 g/mol. The summed E-state index contributed by atoms with van der Waals surface area (Å²) in [5.41, 5.74) is 4.54. The number of aromatic amines is 1. The molecular formula is C19H25N7O5. The number of nitrogens with zero attached hydrogens (tertiary/aromatic N) is 2. The SMILES string of the molecule is CC(C)(C)OC(=O)NC(Cc1cnc[nH]1)C(=O)NNC(=O)CNC(=O)c1cccnc1. The molecule has 2 heterocycles. The number of rotatable bonds is 7. The summed E-state index contributed by atoms with van der Waals surface area (Å²) in [4.78, 5) is 59.0. The molecule has 2 aromatic heterocycles. The third kappa shape index (κ3) is 8.51.